The normalized spacial score (nSPS) is 22.9. The van der Waals surface area contributed by atoms with Crippen LogP contribution >= 0.6 is 0 Å². The van der Waals surface area contributed by atoms with E-state index in [1.807, 2.05) is 0 Å². The van der Waals surface area contributed by atoms with Crippen LogP contribution in [0.25, 0.3) is 0 Å². The molecule has 0 aromatic carbocycles. The van der Waals surface area contributed by atoms with Crippen molar-refractivity contribution in [2.45, 2.75) is 53.0 Å². The molecule has 20 heavy (non-hydrogen) atoms. The van der Waals surface area contributed by atoms with Crippen LogP contribution in [-0.2, 0) is 0 Å². The third kappa shape index (κ3) is 4.79. The summed E-state index contributed by atoms with van der Waals surface area (Å²) < 4.78 is 0. The van der Waals surface area contributed by atoms with Crippen LogP contribution in [0.3, 0.4) is 0 Å². The van der Waals surface area contributed by atoms with Crippen molar-refractivity contribution in [1.29, 1.82) is 0 Å². The van der Waals surface area contributed by atoms with E-state index in [4.69, 9.17) is 0 Å². The molecule has 2 rings (SSSR count). The van der Waals surface area contributed by atoms with Gasteiger partial charge in [-0.25, -0.2) is 0 Å². The fourth-order valence-electron chi connectivity index (χ4n) is 3.53. The SMILES string of the molecule is CC(C)C#CCN1CCC(N2CC(CC(C)C)C2)CC1. The molecule has 0 aromatic rings. The highest BCUT2D eigenvalue weighted by Gasteiger charge is 2.33. The highest BCUT2D eigenvalue weighted by atomic mass is 15.2. The first-order valence-corrected chi connectivity index (χ1v) is 8.49. The zero-order chi connectivity index (χ0) is 14.5. The van der Waals surface area contributed by atoms with Crippen molar-refractivity contribution in [3.05, 3.63) is 0 Å². The van der Waals surface area contributed by atoms with Crippen molar-refractivity contribution in [3.63, 3.8) is 0 Å². The molecule has 0 aromatic heterocycles. The lowest BCUT2D eigenvalue weighted by atomic mass is 9.87. The predicted octanol–water partition coefficient (Wildman–Crippen LogP) is 3.09. The van der Waals surface area contributed by atoms with Crippen LogP contribution in [-0.4, -0.2) is 48.6 Å². The van der Waals surface area contributed by atoms with Crippen molar-refractivity contribution in [2.24, 2.45) is 17.8 Å². The first-order chi connectivity index (χ1) is 9.54. The van der Waals surface area contributed by atoms with Crippen LogP contribution in [0.4, 0.5) is 0 Å². The lowest BCUT2D eigenvalue weighted by Crippen LogP contribution is -2.55. The van der Waals surface area contributed by atoms with Crippen LogP contribution in [0.15, 0.2) is 0 Å². The van der Waals surface area contributed by atoms with Crippen LogP contribution in [0.2, 0.25) is 0 Å². The minimum atomic E-state index is 0.506. The van der Waals surface area contributed by atoms with Gasteiger partial charge in [0.1, 0.15) is 0 Å². The van der Waals surface area contributed by atoms with Gasteiger partial charge >= 0.3 is 0 Å². The molecule has 2 aliphatic heterocycles. The molecule has 0 bridgehead atoms. The maximum atomic E-state index is 3.32. The number of nitrogens with zero attached hydrogens (tertiary/aromatic N) is 2. The maximum absolute atomic E-state index is 3.32. The third-order valence-electron chi connectivity index (χ3n) is 4.56. The smallest absolute Gasteiger partial charge is 0.0601 e. The lowest BCUT2D eigenvalue weighted by Gasteiger charge is -2.47. The Balaban J connectivity index is 1.62. The molecule has 2 saturated heterocycles. The molecular formula is C18H32N2. The molecule has 0 unspecified atom stereocenters. The van der Waals surface area contributed by atoms with E-state index in [2.05, 4.69) is 49.3 Å². The van der Waals surface area contributed by atoms with Crippen molar-refractivity contribution >= 4 is 0 Å². The van der Waals surface area contributed by atoms with Gasteiger partial charge in [0.15, 0.2) is 0 Å². The molecular weight excluding hydrogens is 244 g/mol. The second-order valence-corrected chi connectivity index (χ2v) is 7.43. The standard InChI is InChI=1S/C18H32N2/c1-15(2)6-5-9-19-10-7-18(8-11-19)20-13-17(14-20)12-16(3)4/h15-18H,7-14H2,1-4H3. The van der Waals surface area contributed by atoms with Crippen LogP contribution in [0, 0.1) is 29.6 Å². The summed E-state index contributed by atoms with van der Waals surface area (Å²) in [6, 6.07) is 0.854. The van der Waals surface area contributed by atoms with Gasteiger partial charge in [0.05, 0.1) is 6.54 Å². The number of rotatable bonds is 4. The molecule has 0 saturated carbocycles. The average molecular weight is 276 g/mol. The van der Waals surface area contributed by atoms with E-state index in [-0.39, 0.29) is 0 Å². The molecule has 114 valence electrons. The van der Waals surface area contributed by atoms with Gasteiger partial charge in [0.2, 0.25) is 0 Å². The average Bonchev–Trinajstić information content (AvgIpc) is 2.34. The number of piperidine rings is 1. The Morgan fingerprint density at radius 1 is 1.05 bits per heavy atom. The molecule has 0 N–H and O–H groups in total. The molecule has 0 spiro atoms. The van der Waals surface area contributed by atoms with E-state index in [1.165, 1.54) is 45.4 Å². The Kier molecular flexibility index (Phi) is 5.93. The van der Waals surface area contributed by atoms with Crippen molar-refractivity contribution in [1.82, 2.24) is 9.80 Å². The lowest BCUT2D eigenvalue weighted by molar-refractivity contribution is 0.0136. The largest absolute Gasteiger partial charge is 0.300 e. The van der Waals surface area contributed by atoms with Crippen LogP contribution in [0.1, 0.15) is 47.0 Å². The van der Waals surface area contributed by atoms with Gasteiger partial charge < -0.3 is 0 Å². The summed E-state index contributed by atoms with van der Waals surface area (Å²) in [6.07, 6.45) is 4.11. The van der Waals surface area contributed by atoms with Gasteiger partial charge in [-0.2, -0.15) is 0 Å². The second kappa shape index (κ2) is 7.48. The minimum Gasteiger partial charge on any atom is -0.300 e. The van der Waals surface area contributed by atoms with Gasteiger partial charge in [0, 0.05) is 38.1 Å². The molecule has 0 atom stereocenters. The van der Waals surface area contributed by atoms with Gasteiger partial charge in [-0.1, -0.05) is 39.5 Å². The summed E-state index contributed by atoms with van der Waals surface area (Å²) in [7, 11) is 0. The van der Waals surface area contributed by atoms with Crippen LogP contribution < -0.4 is 0 Å². The van der Waals surface area contributed by atoms with E-state index < -0.39 is 0 Å². The Morgan fingerprint density at radius 2 is 1.70 bits per heavy atom. The maximum Gasteiger partial charge on any atom is 0.0601 e. The summed E-state index contributed by atoms with van der Waals surface area (Å²) in [6.45, 7) is 15.2. The molecule has 2 nitrogen and oxygen atoms in total. The highest BCUT2D eigenvalue weighted by molar-refractivity contribution is 5.04. The Morgan fingerprint density at radius 3 is 2.25 bits per heavy atom. The van der Waals surface area contributed by atoms with E-state index in [9.17, 15) is 0 Å². The number of hydrogen-bond acceptors (Lipinski definition) is 2. The number of hydrogen-bond donors (Lipinski definition) is 0. The molecule has 2 heteroatoms. The molecule has 0 amide bonds. The fraction of sp³-hybridized carbons (Fsp3) is 0.889. The molecule has 0 aliphatic carbocycles. The quantitative estimate of drug-likeness (QED) is 0.728. The number of likely N-dealkylation sites (tertiary alicyclic amines) is 2. The van der Waals surface area contributed by atoms with Gasteiger partial charge in [-0.15, -0.1) is 0 Å². The second-order valence-electron chi connectivity index (χ2n) is 7.43. The van der Waals surface area contributed by atoms with E-state index in [1.54, 1.807) is 0 Å². The Hall–Kier alpha value is -0.520. The molecule has 2 heterocycles. The third-order valence-corrected chi connectivity index (χ3v) is 4.56. The summed E-state index contributed by atoms with van der Waals surface area (Å²) in [5.74, 6) is 8.94. The summed E-state index contributed by atoms with van der Waals surface area (Å²) >= 11 is 0. The Labute approximate surface area is 125 Å². The molecule has 0 radical (unpaired) electrons. The van der Waals surface area contributed by atoms with E-state index in [0.29, 0.717) is 5.92 Å². The monoisotopic (exact) mass is 276 g/mol. The Bertz CT molecular complexity index is 336. The van der Waals surface area contributed by atoms with Crippen molar-refractivity contribution in [3.8, 4) is 11.8 Å². The summed E-state index contributed by atoms with van der Waals surface area (Å²) in [5.41, 5.74) is 0. The fourth-order valence-corrected chi connectivity index (χ4v) is 3.53. The summed E-state index contributed by atoms with van der Waals surface area (Å²) in [5, 5.41) is 0. The summed E-state index contributed by atoms with van der Waals surface area (Å²) in [4.78, 5) is 5.25. The van der Waals surface area contributed by atoms with Gasteiger partial charge in [0.25, 0.3) is 0 Å². The first-order valence-electron chi connectivity index (χ1n) is 8.49. The van der Waals surface area contributed by atoms with Gasteiger partial charge in [-0.3, -0.25) is 9.80 Å². The van der Waals surface area contributed by atoms with Crippen molar-refractivity contribution < 1.29 is 0 Å². The zero-order valence-electron chi connectivity index (χ0n) is 13.9. The van der Waals surface area contributed by atoms with Gasteiger partial charge in [-0.05, 0) is 31.1 Å². The molecule has 2 fully saturated rings. The predicted molar refractivity (Wildman–Crippen MR) is 86.6 cm³/mol. The van der Waals surface area contributed by atoms with E-state index >= 15 is 0 Å². The minimum absolute atomic E-state index is 0.506. The highest BCUT2D eigenvalue weighted by Crippen LogP contribution is 2.28. The van der Waals surface area contributed by atoms with Crippen LogP contribution in [0.5, 0.6) is 0 Å². The first kappa shape index (κ1) is 15.9. The molecule has 2 aliphatic rings. The topological polar surface area (TPSA) is 6.48 Å². The van der Waals surface area contributed by atoms with Crippen molar-refractivity contribution in [2.75, 3.05) is 32.7 Å². The van der Waals surface area contributed by atoms with E-state index in [0.717, 1.165) is 24.4 Å². The zero-order valence-corrected chi connectivity index (χ0v) is 13.9.